The SMILES string of the molecule is CC(C)[C@@H]1CC[C@]2(C)O[C@@H]2C1. The molecule has 0 bridgehead atoms. The van der Waals surface area contributed by atoms with E-state index in [1.165, 1.54) is 19.3 Å². The molecule has 0 spiro atoms. The summed E-state index contributed by atoms with van der Waals surface area (Å²) in [6.45, 7) is 6.92. The van der Waals surface area contributed by atoms with Crippen LogP contribution < -0.4 is 0 Å². The quantitative estimate of drug-likeness (QED) is 0.529. The van der Waals surface area contributed by atoms with Crippen molar-refractivity contribution < 1.29 is 4.74 Å². The summed E-state index contributed by atoms with van der Waals surface area (Å²) in [7, 11) is 0. The van der Waals surface area contributed by atoms with E-state index in [1.807, 2.05) is 0 Å². The topological polar surface area (TPSA) is 12.5 Å². The lowest BCUT2D eigenvalue weighted by atomic mass is 9.78. The summed E-state index contributed by atoms with van der Waals surface area (Å²) in [6, 6.07) is 0. The van der Waals surface area contributed by atoms with Gasteiger partial charge in [0, 0.05) is 0 Å². The zero-order chi connectivity index (χ0) is 8.06. The van der Waals surface area contributed by atoms with E-state index >= 15 is 0 Å². The molecular formula is C10H18O. The highest BCUT2D eigenvalue weighted by molar-refractivity contribution is 5.03. The lowest BCUT2D eigenvalue weighted by molar-refractivity contribution is 0.275. The Balaban J connectivity index is 1.93. The summed E-state index contributed by atoms with van der Waals surface area (Å²) in [5.41, 5.74) is 0.311. The number of rotatable bonds is 1. The van der Waals surface area contributed by atoms with Crippen LogP contribution in [0.3, 0.4) is 0 Å². The number of hydrogen-bond donors (Lipinski definition) is 0. The van der Waals surface area contributed by atoms with E-state index in [0.29, 0.717) is 11.7 Å². The molecule has 0 unspecified atom stereocenters. The van der Waals surface area contributed by atoms with E-state index in [9.17, 15) is 0 Å². The average molecular weight is 154 g/mol. The Morgan fingerprint density at radius 3 is 2.73 bits per heavy atom. The Kier molecular flexibility index (Phi) is 1.54. The van der Waals surface area contributed by atoms with Crippen molar-refractivity contribution in [3.8, 4) is 0 Å². The van der Waals surface area contributed by atoms with Crippen LogP contribution in [0.5, 0.6) is 0 Å². The summed E-state index contributed by atoms with van der Waals surface area (Å²) in [5.74, 6) is 1.78. The van der Waals surface area contributed by atoms with Gasteiger partial charge in [-0.1, -0.05) is 13.8 Å². The van der Waals surface area contributed by atoms with E-state index in [1.54, 1.807) is 0 Å². The van der Waals surface area contributed by atoms with Crippen molar-refractivity contribution in [3.63, 3.8) is 0 Å². The van der Waals surface area contributed by atoms with E-state index in [-0.39, 0.29) is 0 Å². The predicted octanol–water partition coefficient (Wildman–Crippen LogP) is 2.60. The highest BCUT2D eigenvalue weighted by Crippen LogP contribution is 2.50. The van der Waals surface area contributed by atoms with E-state index in [2.05, 4.69) is 20.8 Å². The lowest BCUT2D eigenvalue weighted by Gasteiger charge is -2.25. The number of epoxide rings is 1. The fourth-order valence-corrected chi connectivity index (χ4v) is 2.28. The van der Waals surface area contributed by atoms with Gasteiger partial charge in [0.1, 0.15) is 0 Å². The van der Waals surface area contributed by atoms with E-state index in [4.69, 9.17) is 4.74 Å². The molecule has 11 heavy (non-hydrogen) atoms. The minimum absolute atomic E-state index is 0.311. The van der Waals surface area contributed by atoms with E-state index < -0.39 is 0 Å². The zero-order valence-electron chi connectivity index (χ0n) is 7.76. The molecule has 1 heteroatoms. The maximum absolute atomic E-state index is 5.65. The van der Waals surface area contributed by atoms with Gasteiger partial charge in [0.2, 0.25) is 0 Å². The molecule has 2 aliphatic rings. The first-order valence-electron chi connectivity index (χ1n) is 4.79. The Morgan fingerprint density at radius 2 is 2.18 bits per heavy atom. The molecule has 1 aliphatic carbocycles. The van der Waals surface area contributed by atoms with Crippen LogP contribution in [-0.4, -0.2) is 11.7 Å². The van der Waals surface area contributed by atoms with Crippen LogP contribution in [0.25, 0.3) is 0 Å². The van der Waals surface area contributed by atoms with Gasteiger partial charge in [0.05, 0.1) is 11.7 Å². The van der Waals surface area contributed by atoms with Gasteiger partial charge < -0.3 is 4.74 Å². The molecule has 0 amide bonds. The van der Waals surface area contributed by atoms with Crippen molar-refractivity contribution >= 4 is 0 Å². The zero-order valence-corrected chi connectivity index (χ0v) is 7.76. The highest BCUT2D eigenvalue weighted by Gasteiger charge is 2.55. The molecule has 3 atom stereocenters. The van der Waals surface area contributed by atoms with Crippen LogP contribution >= 0.6 is 0 Å². The molecule has 64 valence electrons. The Bertz CT molecular complexity index is 164. The summed E-state index contributed by atoms with van der Waals surface area (Å²) in [4.78, 5) is 0. The molecule has 1 heterocycles. The molecule has 0 aromatic heterocycles. The minimum atomic E-state index is 0.311. The van der Waals surface area contributed by atoms with Gasteiger partial charge in [-0.05, 0) is 38.0 Å². The van der Waals surface area contributed by atoms with Gasteiger partial charge in [-0.3, -0.25) is 0 Å². The maximum Gasteiger partial charge on any atom is 0.0920 e. The third-order valence-corrected chi connectivity index (χ3v) is 3.51. The van der Waals surface area contributed by atoms with Crippen LogP contribution in [0.4, 0.5) is 0 Å². The number of ether oxygens (including phenoxy) is 1. The van der Waals surface area contributed by atoms with Crippen molar-refractivity contribution in [2.45, 2.75) is 51.7 Å². The van der Waals surface area contributed by atoms with Gasteiger partial charge in [-0.2, -0.15) is 0 Å². The van der Waals surface area contributed by atoms with E-state index in [0.717, 1.165) is 11.8 Å². The van der Waals surface area contributed by atoms with Crippen molar-refractivity contribution in [2.75, 3.05) is 0 Å². The Labute approximate surface area is 69.1 Å². The van der Waals surface area contributed by atoms with Gasteiger partial charge in [-0.15, -0.1) is 0 Å². The molecule has 1 saturated heterocycles. The van der Waals surface area contributed by atoms with Gasteiger partial charge in [-0.25, -0.2) is 0 Å². The molecular weight excluding hydrogens is 136 g/mol. The van der Waals surface area contributed by atoms with Crippen LogP contribution in [0.15, 0.2) is 0 Å². The average Bonchev–Trinajstić information content (AvgIpc) is 2.58. The second-order valence-electron chi connectivity index (χ2n) is 4.70. The van der Waals surface area contributed by atoms with Crippen LogP contribution in [-0.2, 0) is 4.74 Å². The summed E-state index contributed by atoms with van der Waals surface area (Å²) >= 11 is 0. The van der Waals surface area contributed by atoms with Gasteiger partial charge in [0.25, 0.3) is 0 Å². The molecule has 2 fully saturated rings. The monoisotopic (exact) mass is 154 g/mol. The minimum Gasteiger partial charge on any atom is -0.366 e. The van der Waals surface area contributed by atoms with Crippen LogP contribution in [0.2, 0.25) is 0 Å². The van der Waals surface area contributed by atoms with Crippen molar-refractivity contribution in [1.29, 1.82) is 0 Å². The van der Waals surface area contributed by atoms with Gasteiger partial charge in [0.15, 0.2) is 0 Å². The summed E-state index contributed by atoms with van der Waals surface area (Å²) in [5, 5.41) is 0. The summed E-state index contributed by atoms with van der Waals surface area (Å²) < 4.78 is 5.65. The van der Waals surface area contributed by atoms with Crippen molar-refractivity contribution in [3.05, 3.63) is 0 Å². The second kappa shape index (κ2) is 2.22. The molecule has 0 radical (unpaired) electrons. The first-order chi connectivity index (χ1) is 5.12. The molecule has 1 nitrogen and oxygen atoms in total. The Hall–Kier alpha value is -0.0400. The van der Waals surface area contributed by atoms with Gasteiger partial charge >= 0.3 is 0 Å². The first-order valence-corrected chi connectivity index (χ1v) is 4.79. The largest absolute Gasteiger partial charge is 0.366 e. The molecule has 0 aromatic rings. The van der Waals surface area contributed by atoms with Crippen LogP contribution in [0, 0.1) is 11.8 Å². The molecule has 1 saturated carbocycles. The fourth-order valence-electron chi connectivity index (χ4n) is 2.28. The summed E-state index contributed by atoms with van der Waals surface area (Å²) in [6.07, 6.45) is 4.60. The van der Waals surface area contributed by atoms with Crippen LogP contribution in [0.1, 0.15) is 40.0 Å². The first kappa shape index (κ1) is 7.60. The fraction of sp³-hybridized carbons (Fsp3) is 1.00. The number of hydrogen-bond acceptors (Lipinski definition) is 1. The molecule has 2 rings (SSSR count). The van der Waals surface area contributed by atoms with Crippen molar-refractivity contribution in [1.82, 2.24) is 0 Å². The smallest absolute Gasteiger partial charge is 0.0920 e. The molecule has 0 aromatic carbocycles. The standard InChI is InChI=1S/C10H18O/c1-7(2)8-4-5-10(3)9(6-8)11-10/h7-9H,4-6H2,1-3H3/t8-,9-,10+/m1/s1. The molecule has 0 N–H and O–H groups in total. The normalized spacial score (nSPS) is 49.1. The lowest BCUT2D eigenvalue weighted by Crippen LogP contribution is -2.24. The van der Waals surface area contributed by atoms with Crippen molar-refractivity contribution in [2.24, 2.45) is 11.8 Å². The predicted molar refractivity (Wildman–Crippen MR) is 45.5 cm³/mol. The third-order valence-electron chi connectivity index (χ3n) is 3.51. The Morgan fingerprint density at radius 1 is 1.45 bits per heavy atom. The second-order valence-corrected chi connectivity index (χ2v) is 4.70. The number of fused-ring (bicyclic) bond motifs is 1. The highest BCUT2D eigenvalue weighted by atomic mass is 16.6. The molecule has 1 aliphatic heterocycles. The maximum atomic E-state index is 5.65. The third kappa shape index (κ3) is 1.20.